The summed E-state index contributed by atoms with van der Waals surface area (Å²) in [7, 11) is 0. The van der Waals surface area contributed by atoms with E-state index in [1.54, 1.807) is 0 Å². The molecule has 0 spiro atoms. The van der Waals surface area contributed by atoms with Crippen molar-refractivity contribution in [3.8, 4) is 0 Å². The van der Waals surface area contributed by atoms with Crippen molar-refractivity contribution in [2.75, 3.05) is 5.88 Å². The molecule has 4 heteroatoms. The van der Waals surface area contributed by atoms with Crippen LogP contribution < -0.4 is 5.32 Å². The van der Waals surface area contributed by atoms with Crippen LogP contribution in [-0.2, 0) is 6.54 Å². The molecule has 1 unspecified atom stereocenters. The molecule has 0 saturated heterocycles. The molecule has 0 aromatic heterocycles. The molecular formula is C12H16Cl3N. The van der Waals surface area contributed by atoms with Crippen molar-refractivity contribution >= 4 is 34.8 Å². The summed E-state index contributed by atoms with van der Waals surface area (Å²) in [4.78, 5) is 0. The van der Waals surface area contributed by atoms with Crippen molar-refractivity contribution in [3.63, 3.8) is 0 Å². The van der Waals surface area contributed by atoms with E-state index in [2.05, 4.69) is 19.2 Å². The summed E-state index contributed by atoms with van der Waals surface area (Å²) in [6.07, 6.45) is 0.984. The number of rotatable bonds is 5. The predicted octanol–water partition coefficient (Wildman–Crippen LogP) is 4.49. The Morgan fingerprint density at radius 3 is 2.44 bits per heavy atom. The highest BCUT2D eigenvalue weighted by molar-refractivity contribution is 6.42. The van der Waals surface area contributed by atoms with Crippen molar-refractivity contribution in [1.29, 1.82) is 0 Å². The smallest absolute Gasteiger partial charge is 0.0595 e. The maximum Gasteiger partial charge on any atom is 0.0595 e. The van der Waals surface area contributed by atoms with Crippen LogP contribution in [0.1, 0.15) is 25.8 Å². The first-order valence-electron chi connectivity index (χ1n) is 5.25. The van der Waals surface area contributed by atoms with Crippen LogP contribution in [0.15, 0.2) is 18.2 Å². The molecule has 0 bridgehead atoms. The van der Waals surface area contributed by atoms with Crippen LogP contribution in [-0.4, -0.2) is 11.4 Å². The van der Waals surface area contributed by atoms with Gasteiger partial charge in [-0.2, -0.15) is 0 Å². The molecule has 0 radical (unpaired) electrons. The summed E-state index contributed by atoms with van der Waals surface area (Å²) in [6, 6.07) is 5.65. The van der Waals surface area contributed by atoms with E-state index >= 15 is 0 Å². The van der Waals surface area contributed by atoms with E-state index in [4.69, 9.17) is 34.8 Å². The minimum absolute atomic E-state index is 0.0341. The zero-order valence-corrected chi connectivity index (χ0v) is 11.8. The van der Waals surface area contributed by atoms with Crippen molar-refractivity contribution in [2.24, 2.45) is 0 Å². The average molecular weight is 281 g/mol. The molecule has 16 heavy (non-hydrogen) atoms. The van der Waals surface area contributed by atoms with Gasteiger partial charge in [0.1, 0.15) is 0 Å². The predicted molar refractivity (Wildman–Crippen MR) is 72.7 cm³/mol. The molecule has 1 rings (SSSR count). The molecule has 1 aromatic carbocycles. The van der Waals surface area contributed by atoms with E-state index < -0.39 is 0 Å². The van der Waals surface area contributed by atoms with Crippen LogP contribution in [0.4, 0.5) is 0 Å². The number of benzene rings is 1. The third kappa shape index (κ3) is 3.81. The maximum atomic E-state index is 5.95. The summed E-state index contributed by atoms with van der Waals surface area (Å²) < 4.78 is 0. The fraction of sp³-hybridized carbons (Fsp3) is 0.500. The van der Waals surface area contributed by atoms with E-state index in [1.807, 2.05) is 18.2 Å². The van der Waals surface area contributed by atoms with E-state index in [9.17, 15) is 0 Å². The first-order chi connectivity index (χ1) is 7.50. The Balaban J connectivity index is 2.64. The van der Waals surface area contributed by atoms with Crippen LogP contribution in [0.25, 0.3) is 0 Å². The normalized spacial score (nSPS) is 14.8. The third-order valence-corrected chi connectivity index (χ3v) is 4.11. The van der Waals surface area contributed by atoms with Gasteiger partial charge in [0.15, 0.2) is 0 Å². The highest BCUT2D eigenvalue weighted by Crippen LogP contribution is 2.23. The minimum atomic E-state index is -0.0341. The van der Waals surface area contributed by atoms with Gasteiger partial charge in [-0.25, -0.2) is 0 Å². The second kappa shape index (κ2) is 6.11. The summed E-state index contributed by atoms with van der Waals surface area (Å²) in [5, 5.41) is 4.60. The number of hydrogen-bond acceptors (Lipinski definition) is 1. The molecule has 1 atom stereocenters. The molecule has 0 aliphatic rings. The molecule has 1 aromatic rings. The Hall–Kier alpha value is 0.0500. The lowest BCUT2D eigenvalue weighted by atomic mass is 10.0. The molecule has 0 aliphatic heterocycles. The lowest BCUT2D eigenvalue weighted by molar-refractivity contribution is 0.379. The van der Waals surface area contributed by atoms with Gasteiger partial charge < -0.3 is 5.32 Å². The molecule has 90 valence electrons. The Morgan fingerprint density at radius 2 is 1.94 bits per heavy atom. The van der Waals surface area contributed by atoms with Gasteiger partial charge in [0.25, 0.3) is 0 Å². The van der Waals surface area contributed by atoms with E-state index in [-0.39, 0.29) is 5.54 Å². The zero-order chi connectivity index (χ0) is 12.2. The standard InChI is InChI=1S/C12H16Cl3N/c1-3-12(2,8-13)16-7-9-4-5-10(14)11(15)6-9/h4-6,16H,3,7-8H2,1-2H3. The van der Waals surface area contributed by atoms with Gasteiger partial charge >= 0.3 is 0 Å². The van der Waals surface area contributed by atoms with Crippen LogP contribution in [0, 0.1) is 0 Å². The fourth-order valence-electron chi connectivity index (χ4n) is 1.23. The molecule has 0 amide bonds. The lowest BCUT2D eigenvalue weighted by Gasteiger charge is -2.27. The zero-order valence-electron chi connectivity index (χ0n) is 9.49. The van der Waals surface area contributed by atoms with Crippen LogP contribution in [0.3, 0.4) is 0 Å². The van der Waals surface area contributed by atoms with Gasteiger partial charge in [-0.1, -0.05) is 36.2 Å². The second-order valence-corrected chi connectivity index (χ2v) is 5.23. The Morgan fingerprint density at radius 1 is 1.25 bits per heavy atom. The highest BCUT2D eigenvalue weighted by atomic mass is 35.5. The highest BCUT2D eigenvalue weighted by Gasteiger charge is 2.19. The Labute approximate surface area is 112 Å². The van der Waals surface area contributed by atoms with E-state index in [0.717, 1.165) is 18.5 Å². The molecule has 0 fully saturated rings. The van der Waals surface area contributed by atoms with E-state index in [0.29, 0.717) is 15.9 Å². The van der Waals surface area contributed by atoms with Gasteiger partial charge in [-0.15, -0.1) is 11.6 Å². The molecule has 1 nitrogen and oxygen atoms in total. The lowest BCUT2D eigenvalue weighted by Crippen LogP contribution is -2.42. The Bertz CT molecular complexity index is 348. The fourth-order valence-corrected chi connectivity index (χ4v) is 1.84. The van der Waals surface area contributed by atoms with E-state index in [1.165, 1.54) is 0 Å². The molecule has 0 heterocycles. The summed E-state index contributed by atoms with van der Waals surface area (Å²) >= 11 is 17.7. The van der Waals surface area contributed by atoms with Crippen molar-refractivity contribution in [1.82, 2.24) is 5.32 Å². The maximum absolute atomic E-state index is 5.95. The van der Waals surface area contributed by atoms with Crippen LogP contribution in [0.5, 0.6) is 0 Å². The molecule has 0 saturated carbocycles. The number of hydrogen-bond donors (Lipinski definition) is 1. The average Bonchev–Trinajstić information content (AvgIpc) is 2.30. The van der Waals surface area contributed by atoms with Crippen molar-refractivity contribution < 1.29 is 0 Å². The minimum Gasteiger partial charge on any atom is -0.306 e. The van der Waals surface area contributed by atoms with Crippen molar-refractivity contribution in [2.45, 2.75) is 32.4 Å². The van der Waals surface area contributed by atoms with Gasteiger partial charge in [-0.3, -0.25) is 0 Å². The summed E-state index contributed by atoms with van der Waals surface area (Å²) in [6.45, 7) is 4.97. The monoisotopic (exact) mass is 279 g/mol. The summed E-state index contributed by atoms with van der Waals surface area (Å²) in [5.74, 6) is 0.588. The Kier molecular flexibility index (Phi) is 5.39. The number of nitrogens with one attached hydrogen (secondary N) is 1. The van der Waals surface area contributed by atoms with Gasteiger partial charge in [0.2, 0.25) is 0 Å². The summed E-state index contributed by atoms with van der Waals surface area (Å²) in [5.41, 5.74) is 1.08. The first-order valence-corrected chi connectivity index (χ1v) is 6.55. The molecular weight excluding hydrogens is 264 g/mol. The van der Waals surface area contributed by atoms with Gasteiger partial charge in [-0.05, 0) is 31.0 Å². The second-order valence-electron chi connectivity index (χ2n) is 4.15. The molecule has 0 aliphatic carbocycles. The number of halogens is 3. The van der Waals surface area contributed by atoms with Gasteiger partial charge in [0.05, 0.1) is 10.0 Å². The molecule has 1 N–H and O–H groups in total. The van der Waals surface area contributed by atoms with Crippen molar-refractivity contribution in [3.05, 3.63) is 33.8 Å². The van der Waals surface area contributed by atoms with Gasteiger partial charge in [0, 0.05) is 18.0 Å². The van der Waals surface area contributed by atoms with Crippen LogP contribution in [0.2, 0.25) is 10.0 Å². The SMILES string of the molecule is CCC(C)(CCl)NCc1ccc(Cl)c(Cl)c1. The number of alkyl halides is 1. The third-order valence-electron chi connectivity index (χ3n) is 2.78. The first kappa shape index (κ1) is 14.1. The quantitative estimate of drug-likeness (QED) is 0.784. The topological polar surface area (TPSA) is 12.0 Å². The van der Waals surface area contributed by atoms with Crippen LogP contribution >= 0.6 is 34.8 Å². The largest absolute Gasteiger partial charge is 0.306 e.